The van der Waals surface area contributed by atoms with Crippen LogP contribution in [-0.4, -0.2) is 259 Å². The number of hydrogen-bond acceptors (Lipinski definition) is 24. The summed E-state index contributed by atoms with van der Waals surface area (Å²) in [5.41, 5.74) is 7.39. The van der Waals surface area contributed by atoms with Gasteiger partial charge in [-0.05, 0) is 30.6 Å². The molecule has 0 saturated carbocycles. The van der Waals surface area contributed by atoms with Gasteiger partial charge >= 0.3 is 12.2 Å². The number of ether oxygens (including phenoxy) is 10. The van der Waals surface area contributed by atoms with Crippen molar-refractivity contribution in [3.8, 4) is 12.3 Å². The third kappa shape index (κ3) is 27.6. The highest BCUT2D eigenvalue weighted by molar-refractivity contribution is 7.86. The summed E-state index contributed by atoms with van der Waals surface area (Å²) in [5, 5.41) is 63.6. The van der Waals surface area contributed by atoms with Gasteiger partial charge in [-0.15, -0.1) is 6.42 Å². The van der Waals surface area contributed by atoms with E-state index in [9.17, 15) is 65.5 Å². The van der Waals surface area contributed by atoms with E-state index in [2.05, 4.69) is 21.9 Å². The fraction of sp³-hybridized carbons (Fsp3) is 0.822. The predicted octanol–water partition coefficient (Wildman–Crippen LogP) is -4.14. The van der Waals surface area contributed by atoms with Crippen LogP contribution in [0.2, 0.25) is 0 Å². The summed E-state index contributed by atoms with van der Waals surface area (Å²) in [4.78, 5) is 52.9. The molecule has 2 heterocycles. The van der Waals surface area contributed by atoms with E-state index in [1.807, 2.05) is 0 Å². The molecule has 0 aromatic carbocycles. The molecule has 0 radical (unpaired) electrons. The second-order valence-corrected chi connectivity index (χ2v) is 21.3. The van der Waals surface area contributed by atoms with Gasteiger partial charge in [-0.25, -0.2) is 9.59 Å². The SMILES string of the molecule is C#CCOCCOCCOCCOCCC(=O)N(CCOCCNC(=O)O[C@@H]([C@@H]1O[C@H](S(=O)(=O)O)C[C@H](CC(=N)N)[C@H]1C)[C@H](O)CO)CCOCCNC(=O)O[C@@H]([C@@H]1O[C@@H](S(=O)(=O)O)C[C@H](CC(=N)N)[C@H]1NC(C)=O)[C@H](O)CO. The minimum absolute atomic E-state index is 0.000724. The Hall–Kier alpha value is -4.68. The Kier molecular flexibility index (Phi) is 33.3. The van der Waals surface area contributed by atoms with Crippen molar-refractivity contribution in [2.24, 2.45) is 29.2 Å². The van der Waals surface area contributed by atoms with E-state index in [1.165, 1.54) is 4.90 Å². The van der Waals surface area contributed by atoms with Crippen molar-refractivity contribution in [3.05, 3.63) is 0 Å². The zero-order chi connectivity index (χ0) is 59.1. The molecular weight excluding hydrogens is 1100 g/mol. The van der Waals surface area contributed by atoms with E-state index in [4.69, 9.17) is 76.1 Å². The van der Waals surface area contributed by atoms with Crippen molar-refractivity contribution in [2.75, 3.05) is 119 Å². The largest absolute Gasteiger partial charge is 0.441 e. The normalized spacial score (nSPS) is 23.0. The van der Waals surface area contributed by atoms with Crippen LogP contribution in [0.4, 0.5) is 9.59 Å². The van der Waals surface area contributed by atoms with Gasteiger partial charge in [0, 0.05) is 45.9 Å². The lowest BCUT2D eigenvalue weighted by Crippen LogP contribution is -2.63. The van der Waals surface area contributed by atoms with E-state index in [-0.39, 0.29) is 123 Å². The van der Waals surface area contributed by atoms with Gasteiger partial charge in [0.05, 0.1) is 110 Å². The number of hydrogen-bond donors (Lipinski definition) is 13. The Morgan fingerprint density at radius 3 is 1.54 bits per heavy atom. The average molecular weight is 1180 g/mol. The molecule has 2 saturated heterocycles. The molecule has 0 aromatic heterocycles. The van der Waals surface area contributed by atoms with Gasteiger partial charge in [0.25, 0.3) is 20.2 Å². The van der Waals surface area contributed by atoms with Gasteiger partial charge in [-0.1, -0.05) is 12.8 Å². The number of aliphatic hydroxyl groups excluding tert-OH is 4. The molecule has 79 heavy (non-hydrogen) atoms. The number of amidine groups is 2. The maximum atomic E-state index is 13.4. The summed E-state index contributed by atoms with van der Waals surface area (Å²) in [6.07, 6.45) is -8.53. The third-order valence-corrected chi connectivity index (χ3v) is 14.1. The smallest absolute Gasteiger partial charge is 0.407 e. The van der Waals surface area contributed by atoms with Gasteiger partial charge in [0.2, 0.25) is 11.8 Å². The van der Waals surface area contributed by atoms with Gasteiger partial charge in [0.1, 0.15) is 31.0 Å². The van der Waals surface area contributed by atoms with Crippen molar-refractivity contribution in [3.63, 3.8) is 0 Å². The molecule has 32 nitrogen and oxygen atoms in total. The summed E-state index contributed by atoms with van der Waals surface area (Å²) < 4.78 is 123. The van der Waals surface area contributed by atoms with Crippen LogP contribution < -0.4 is 27.4 Å². The topological polar surface area (TPSA) is 489 Å². The van der Waals surface area contributed by atoms with Crippen molar-refractivity contribution in [1.29, 1.82) is 10.8 Å². The van der Waals surface area contributed by atoms with E-state index < -0.39 is 135 Å². The Labute approximate surface area is 458 Å². The Bertz CT molecular complexity index is 2150. The molecule has 2 aliphatic rings. The number of nitrogens with zero attached hydrogens (tertiary/aromatic N) is 1. The van der Waals surface area contributed by atoms with Crippen molar-refractivity contribution >= 4 is 55.9 Å². The number of carbonyl (C=O) groups is 4. The minimum atomic E-state index is -4.93. The molecule has 456 valence electrons. The van der Waals surface area contributed by atoms with E-state index in [1.54, 1.807) is 6.92 Å². The summed E-state index contributed by atoms with van der Waals surface area (Å²) in [7, 11) is -9.72. The molecular formula is C45H80N8O24S2. The highest BCUT2D eigenvalue weighted by Gasteiger charge is 2.50. The minimum Gasteiger partial charge on any atom is -0.441 e. The molecule has 2 rings (SSSR count). The van der Waals surface area contributed by atoms with Crippen LogP contribution in [0.3, 0.4) is 0 Å². The molecule has 4 amide bonds. The maximum absolute atomic E-state index is 13.4. The molecule has 2 fully saturated rings. The first-order chi connectivity index (χ1) is 37.3. The lowest BCUT2D eigenvalue weighted by molar-refractivity contribution is -0.160. The number of amides is 4. The van der Waals surface area contributed by atoms with Crippen LogP contribution in [0, 0.1) is 40.9 Å². The summed E-state index contributed by atoms with van der Waals surface area (Å²) in [6, 6.07) is -1.23. The summed E-state index contributed by atoms with van der Waals surface area (Å²) >= 11 is 0. The first-order valence-electron chi connectivity index (χ1n) is 25.1. The Balaban J connectivity index is 2.01. The monoisotopic (exact) mass is 1180 g/mol. The number of aliphatic hydroxyl groups is 4. The molecule has 12 atom stereocenters. The lowest BCUT2D eigenvalue weighted by atomic mass is 9.79. The number of nitrogens with two attached hydrogens (primary N) is 2. The van der Waals surface area contributed by atoms with Crippen molar-refractivity contribution < 1.29 is 113 Å². The first kappa shape index (κ1) is 70.4. The zero-order valence-electron chi connectivity index (χ0n) is 44.2. The zero-order valence-corrected chi connectivity index (χ0v) is 45.9. The van der Waals surface area contributed by atoms with Crippen LogP contribution >= 0.6 is 0 Å². The molecule has 0 spiro atoms. The molecule has 15 N–H and O–H groups in total. The molecule has 34 heteroatoms. The van der Waals surface area contributed by atoms with Gasteiger partial charge < -0.3 is 100 Å². The summed E-state index contributed by atoms with van der Waals surface area (Å²) in [5.74, 6) is -1.67. The number of alkyl carbamates (subject to hydrolysis) is 2. The number of terminal acetylenes is 1. The van der Waals surface area contributed by atoms with Crippen molar-refractivity contribution in [2.45, 2.75) is 99.5 Å². The summed E-state index contributed by atoms with van der Waals surface area (Å²) in [6.45, 7) is 1.80. The van der Waals surface area contributed by atoms with E-state index in [0.29, 0.717) is 19.8 Å². The van der Waals surface area contributed by atoms with E-state index in [0.717, 1.165) is 6.92 Å². The van der Waals surface area contributed by atoms with Gasteiger partial charge in [-0.2, -0.15) is 16.8 Å². The number of carbonyl (C=O) groups excluding carboxylic acids is 4. The maximum Gasteiger partial charge on any atom is 0.407 e. The fourth-order valence-corrected chi connectivity index (χ4v) is 9.84. The number of nitrogens with one attached hydrogen (secondary N) is 5. The van der Waals surface area contributed by atoms with Crippen LogP contribution in [-0.2, 0) is 77.2 Å². The van der Waals surface area contributed by atoms with Gasteiger partial charge in [0.15, 0.2) is 23.1 Å². The number of rotatable bonds is 40. The van der Waals surface area contributed by atoms with Gasteiger partial charge in [-0.3, -0.25) is 29.5 Å². The Morgan fingerprint density at radius 1 is 0.684 bits per heavy atom. The lowest BCUT2D eigenvalue weighted by Gasteiger charge is -2.44. The van der Waals surface area contributed by atoms with Crippen LogP contribution in [0.1, 0.15) is 46.0 Å². The first-order valence-corrected chi connectivity index (χ1v) is 28.2. The molecule has 2 aliphatic heterocycles. The highest BCUT2D eigenvalue weighted by atomic mass is 32.2. The second-order valence-electron chi connectivity index (χ2n) is 18.2. The standard InChI is InChI=1S/C45H80N8O24S2/c1-4-10-68-16-18-72-20-21-73-19-17-69-11-5-36(59)53(8-14-70-12-6-50-44(60)76-41(32(57)26-54)40-28(2)30(22-34(46)47)24-37(74-40)78(62,63)64)9-15-71-13-7-51-45(61)77-42(33(58)27-55)43-39(52-29(3)56)31(23-35(48)49)25-38(75-43)79(65,66)67/h1,28,30-33,37-43,54-55,57-58H,5-27H2,2-3H3,(H3,46,47)(H3,48,49)(H,50,60)(H,51,61)(H,52,56)(H,62,63,64)(H,65,66,67)/t28-,30+,31+,32-,33-,37-,38+,39-,40-,41-,42-,43-/m1/s1. The van der Waals surface area contributed by atoms with Crippen molar-refractivity contribution in [1.82, 2.24) is 20.9 Å². The van der Waals surface area contributed by atoms with Crippen LogP contribution in [0.15, 0.2) is 0 Å². The highest BCUT2D eigenvalue weighted by Crippen LogP contribution is 2.38. The molecule has 0 bridgehead atoms. The second kappa shape index (κ2) is 37.4. The average Bonchev–Trinajstić information content (AvgIpc) is 3.37. The fourth-order valence-electron chi connectivity index (χ4n) is 8.32. The van der Waals surface area contributed by atoms with Crippen LogP contribution in [0.5, 0.6) is 0 Å². The molecule has 0 unspecified atom stereocenters. The molecule has 0 aromatic rings. The third-order valence-electron chi connectivity index (χ3n) is 12.2. The predicted molar refractivity (Wildman–Crippen MR) is 274 cm³/mol. The van der Waals surface area contributed by atoms with Crippen LogP contribution in [0.25, 0.3) is 0 Å². The quantitative estimate of drug-likeness (QED) is 0.00911. The Morgan fingerprint density at radius 2 is 1.10 bits per heavy atom. The molecule has 0 aliphatic carbocycles. The van der Waals surface area contributed by atoms with E-state index >= 15 is 0 Å².